The summed E-state index contributed by atoms with van der Waals surface area (Å²) in [7, 11) is 4.75. The van der Waals surface area contributed by atoms with Crippen molar-refractivity contribution in [2.45, 2.75) is 13.5 Å². The highest BCUT2D eigenvalue weighted by atomic mass is 16.5. The number of rotatable bonds is 6. The molecular formula is C24H27N9O3. The number of nitrogens with zero attached hydrogens (tertiary/aromatic N) is 5. The van der Waals surface area contributed by atoms with Crippen molar-refractivity contribution < 1.29 is 14.2 Å². The molecule has 0 spiro atoms. The fraction of sp³-hybridized carbons (Fsp3) is 0.208. The minimum absolute atomic E-state index is 0.169. The van der Waals surface area contributed by atoms with E-state index in [-0.39, 0.29) is 5.95 Å². The Kier molecular flexibility index (Phi) is 7.14. The van der Waals surface area contributed by atoms with Gasteiger partial charge in [0.15, 0.2) is 17.1 Å². The Labute approximate surface area is 207 Å². The van der Waals surface area contributed by atoms with E-state index in [4.69, 9.17) is 25.7 Å². The number of aromatic nitrogens is 6. The van der Waals surface area contributed by atoms with Gasteiger partial charge in [-0.25, -0.2) is 19.9 Å². The number of hydrogen-bond acceptors (Lipinski definition) is 11. The molecule has 5 aromatic rings. The van der Waals surface area contributed by atoms with E-state index in [1.54, 1.807) is 33.9 Å². The lowest BCUT2D eigenvalue weighted by molar-refractivity contribution is 0.324. The average molecular weight is 490 g/mol. The van der Waals surface area contributed by atoms with Crippen molar-refractivity contribution in [1.82, 2.24) is 29.9 Å². The topological polar surface area (TPSA) is 172 Å². The van der Waals surface area contributed by atoms with E-state index in [9.17, 15) is 0 Å². The summed E-state index contributed by atoms with van der Waals surface area (Å²) < 4.78 is 16.1. The van der Waals surface area contributed by atoms with Crippen LogP contribution in [0.25, 0.3) is 22.1 Å². The summed E-state index contributed by atoms with van der Waals surface area (Å²) in [6.45, 7) is 2.56. The number of H-pyrrole nitrogens is 1. The second-order valence-corrected chi connectivity index (χ2v) is 7.64. The Hall–Kier alpha value is -4.87. The number of anilines is 3. The molecule has 36 heavy (non-hydrogen) atoms. The van der Waals surface area contributed by atoms with Crippen LogP contribution in [0.5, 0.6) is 17.2 Å². The summed E-state index contributed by atoms with van der Waals surface area (Å²) >= 11 is 0. The highest BCUT2D eigenvalue weighted by Crippen LogP contribution is 2.40. The minimum Gasteiger partial charge on any atom is -0.493 e. The van der Waals surface area contributed by atoms with Crippen molar-refractivity contribution in [3.8, 4) is 17.2 Å². The van der Waals surface area contributed by atoms with E-state index < -0.39 is 0 Å². The normalized spacial score (nSPS) is 10.6. The molecule has 12 nitrogen and oxygen atoms in total. The van der Waals surface area contributed by atoms with Gasteiger partial charge in [-0.3, -0.25) is 0 Å². The predicted octanol–water partition coefficient (Wildman–Crippen LogP) is 3.09. The van der Waals surface area contributed by atoms with Crippen molar-refractivity contribution in [2.24, 2.45) is 0 Å². The van der Waals surface area contributed by atoms with Crippen molar-refractivity contribution in [3.05, 3.63) is 54.2 Å². The third-order valence-electron chi connectivity index (χ3n) is 5.53. The van der Waals surface area contributed by atoms with Crippen LogP contribution in [0.2, 0.25) is 0 Å². The van der Waals surface area contributed by atoms with Crippen molar-refractivity contribution in [3.63, 3.8) is 0 Å². The van der Waals surface area contributed by atoms with Gasteiger partial charge in [-0.1, -0.05) is 6.07 Å². The van der Waals surface area contributed by atoms with Gasteiger partial charge in [0.05, 0.1) is 39.4 Å². The first-order valence-electron chi connectivity index (χ1n) is 10.9. The fourth-order valence-electron chi connectivity index (χ4n) is 3.75. The van der Waals surface area contributed by atoms with Crippen LogP contribution in [0.1, 0.15) is 11.1 Å². The zero-order valence-corrected chi connectivity index (χ0v) is 20.4. The molecule has 0 aliphatic carbocycles. The van der Waals surface area contributed by atoms with Gasteiger partial charge >= 0.3 is 0 Å². The number of hydrogen-bond donors (Lipinski definition) is 4. The van der Waals surface area contributed by atoms with Gasteiger partial charge in [0.1, 0.15) is 17.7 Å². The highest BCUT2D eigenvalue weighted by Gasteiger charge is 2.14. The Morgan fingerprint density at radius 2 is 1.72 bits per heavy atom. The van der Waals surface area contributed by atoms with Gasteiger partial charge < -0.3 is 36.0 Å². The summed E-state index contributed by atoms with van der Waals surface area (Å²) in [4.78, 5) is 22.8. The Bertz CT molecular complexity index is 1450. The number of nitrogens with one attached hydrogen (secondary N) is 2. The molecule has 0 saturated heterocycles. The van der Waals surface area contributed by atoms with Crippen LogP contribution in [-0.4, -0.2) is 51.2 Å². The van der Waals surface area contributed by atoms with Crippen LogP contribution in [0.3, 0.4) is 0 Å². The lowest BCUT2D eigenvalue weighted by Crippen LogP contribution is -2.06. The molecule has 3 heterocycles. The molecule has 6 N–H and O–H groups in total. The highest BCUT2D eigenvalue weighted by molar-refractivity contribution is 5.92. The first-order chi connectivity index (χ1) is 17.4. The zero-order valence-electron chi connectivity index (χ0n) is 20.4. The molecule has 3 aromatic heterocycles. The molecule has 0 bridgehead atoms. The van der Waals surface area contributed by atoms with Crippen LogP contribution in [-0.2, 0) is 6.54 Å². The third-order valence-corrected chi connectivity index (χ3v) is 5.53. The van der Waals surface area contributed by atoms with Gasteiger partial charge in [-0.05, 0) is 24.1 Å². The second-order valence-electron chi connectivity index (χ2n) is 7.64. The molecule has 2 aromatic carbocycles. The molecule has 0 unspecified atom stereocenters. The lowest BCUT2D eigenvalue weighted by atomic mass is 10.0. The zero-order chi connectivity index (χ0) is 25.7. The van der Waals surface area contributed by atoms with Crippen LogP contribution in [0, 0.1) is 6.92 Å². The fourth-order valence-corrected chi connectivity index (χ4v) is 3.75. The van der Waals surface area contributed by atoms with E-state index in [1.165, 1.54) is 6.33 Å². The Morgan fingerprint density at radius 1 is 0.972 bits per heavy atom. The maximum absolute atomic E-state index is 6.04. The predicted molar refractivity (Wildman–Crippen MR) is 138 cm³/mol. The number of nitrogen functional groups attached to an aromatic ring is 2. The molecule has 0 saturated carbocycles. The Morgan fingerprint density at radius 3 is 2.39 bits per heavy atom. The van der Waals surface area contributed by atoms with Gasteiger partial charge in [-0.2, -0.15) is 4.98 Å². The van der Waals surface area contributed by atoms with Crippen LogP contribution < -0.4 is 31.0 Å². The molecule has 0 fully saturated rings. The number of ether oxygens (including phenoxy) is 3. The molecular weight excluding hydrogens is 462 g/mol. The van der Waals surface area contributed by atoms with E-state index in [2.05, 4.69) is 35.2 Å². The minimum atomic E-state index is 0.169. The molecule has 186 valence electrons. The number of nitrogens with two attached hydrogens (primary N) is 2. The van der Waals surface area contributed by atoms with Gasteiger partial charge in [0.2, 0.25) is 11.7 Å². The van der Waals surface area contributed by atoms with Crippen molar-refractivity contribution in [2.75, 3.05) is 38.1 Å². The van der Waals surface area contributed by atoms with Gasteiger partial charge in [-0.15, -0.1) is 0 Å². The van der Waals surface area contributed by atoms with Crippen LogP contribution >= 0.6 is 0 Å². The number of fused-ring (bicyclic) bond motifs is 2. The first-order valence-corrected chi connectivity index (χ1v) is 10.9. The number of aryl methyl sites for hydroxylation is 1. The van der Waals surface area contributed by atoms with E-state index in [0.29, 0.717) is 35.3 Å². The second kappa shape index (κ2) is 10.6. The molecule has 0 radical (unpaired) electrons. The van der Waals surface area contributed by atoms with Crippen LogP contribution in [0.4, 0.5) is 17.5 Å². The number of benzene rings is 2. The summed E-state index contributed by atoms with van der Waals surface area (Å²) in [5.74, 6) is 2.27. The lowest BCUT2D eigenvalue weighted by Gasteiger charge is -2.16. The SMILES string of the molecule is COc1cc(NCc2ccc3nc(N)nc(N)c3c2C)cc(OC)c1OC.c1ncc2[nH]cnc2n1. The molecule has 0 aliphatic heterocycles. The monoisotopic (exact) mass is 489 g/mol. The average Bonchev–Trinajstić information content (AvgIpc) is 3.36. The Balaban J connectivity index is 0.000000280. The number of methoxy groups -OCH3 is 3. The van der Waals surface area contributed by atoms with E-state index in [0.717, 1.165) is 33.2 Å². The van der Waals surface area contributed by atoms with E-state index in [1.807, 2.05) is 31.2 Å². The van der Waals surface area contributed by atoms with Crippen LogP contribution in [0.15, 0.2) is 43.1 Å². The van der Waals surface area contributed by atoms with Crippen molar-refractivity contribution >= 4 is 39.5 Å². The summed E-state index contributed by atoms with van der Waals surface area (Å²) in [5.41, 5.74) is 16.9. The number of aromatic amines is 1. The maximum Gasteiger partial charge on any atom is 0.222 e. The van der Waals surface area contributed by atoms with Gasteiger partial charge in [0, 0.05) is 29.8 Å². The molecule has 5 rings (SSSR count). The molecule has 12 heteroatoms. The summed E-state index contributed by atoms with van der Waals surface area (Å²) in [6.07, 6.45) is 4.76. The first kappa shape index (κ1) is 24.3. The smallest absolute Gasteiger partial charge is 0.222 e. The van der Waals surface area contributed by atoms with Crippen molar-refractivity contribution in [1.29, 1.82) is 0 Å². The standard InChI is InChI=1S/C19H23N5O3.C5H4N4/c1-10-11(5-6-13-16(10)18(20)24-19(21)23-13)9-22-12-7-14(25-2)17(27-4)15(8-12)26-3;1-4-5(8-2-6-1)9-3-7-4/h5-8,22H,9H2,1-4H3,(H4,20,21,23,24);1-3H,(H,6,7,8,9). The van der Waals surface area contributed by atoms with E-state index >= 15 is 0 Å². The van der Waals surface area contributed by atoms with Gasteiger partial charge in [0.25, 0.3) is 0 Å². The third kappa shape index (κ3) is 4.97. The molecule has 0 amide bonds. The largest absolute Gasteiger partial charge is 0.493 e. The molecule has 0 atom stereocenters. The molecule has 0 aliphatic rings. The quantitative estimate of drug-likeness (QED) is 0.276. The summed E-state index contributed by atoms with van der Waals surface area (Å²) in [6, 6.07) is 7.60. The summed E-state index contributed by atoms with van der Waals surface area (Å²) in [5, 5.41) is 4.19. The number of imidazole rings is 1. The maximum atomic E-state index is 6.04.